The summed E-state index contributed by atoms with van der Waals surface area (Å²) in [5, 5.41) is 12.7. The highest BCUT2D eigenvalue weighted by Gasteiger charge is 2.36. The predicted molar refractivity (Wildman–Crippen MR) is 44.3 cm³/mol. The van der Waals surface area contributed by atoms with Crippen molar-refractivity contribution >= 4 is 11.9 Å². The van der Waals surface area contributed by atoms with Crippen LogP contribution in [0, 0.1) is 0 Å². The lowest BCUT2D eigenvalue weighted by Gasteiger charge is -2.26. The van der Waals surface area contributed by atoms with Gasteiger partial charge in [0.1, 0.15) is 6.61 Å². The molecule has 0 aromatic heterocycles. The molecular weight excluding hydrogens is 211 g/mol. The molecule has 0 aromatic rings. The van der Waals surface area contributed by atoms with E-state index in [1.165, 1.54) is 7.11 Å². The second-order valence-corrected chi connectivity index (χ2v) is 2.81. The number of hydrogen-bond acceptors (Lipinski definition) is 5. The van der Waals surface area contributed by atoms with Gasteiger partial charge in [0.25, 0.3) is 5.91 Å². The zero-order chi connectivity index (χ0) is 11.4. The minimum absolute atomic E-state index is 0.352. The second-order valence-electron chi connectivity index (χ2n) is 2.81. The zero-order valence-corrected chi connectivity index (χ0v) is 7.90. The standard InChI is InChI=1S/C7H11FN2O5/c1-14-3(11)2-15-6-4(8)5(12)9-7(13)10-6/h3-4,6,11H,2H2,1H3,(H2,9,10,12,13)/t3?,4-,6-/m1/s1. The van der Waals surface area contributed by atoms with Crippen molar-refractivity contribution < 1.29 is 28.6 Å². The van der Waals surface area contributed by atoms with Crippen molar-refractivity contribution in [1.29, 1.82) is 0 Å². The SMILES string of the molecule is COC(O)CO[C@H]1NC(=O)NC(=O)[C@H]1F. The first-order chi connectivity index (χ1) is 7.04. The number of aliphatic hydroxyl groups is 1. The minimum atomic E-state index is -2.01. The van der Waals surface area contributed by atoms with Crippen LogP contribution in [0.3, 0.4) is 0 Å². The Bertz CT molecular complexity index is 262. The second kappa shape index (κ2) is 5.01. The van der Waals surface area contributed by atoms with E-state index in [1.54, 1.807) is 5.32 Å². The number of hydrogen-bond donors (Lipinski definition) is 3. The summed E-state index contributed by atoms with van der Waals surface area (Å²) >= 11 is 0. The fraction of sp³-hybridized carbons (Fsp3) is 0.714. The van der Waals surface area contributed by atoms with Crippen LogP contribution in [0.15, 0.2) is 0 Å². The molecule has 86 valence electrons. The van der Waals surface area contributed by atoms with Gasteiger partial charge in [0.05, 0.1) is 0 Å². The highest BCUT2D eigenvalue weighted by molar-refractivity contribution is 5.99. The molecule has 0 aromatic carbocycles. The minimum Gasteiger partial charge on any atom is -0.366 e. The van der Waals surface area contributed by atoms with Gasteiger partial charge in [-0.25, -0.2) is 9.18 Å². The Balaban J connectivity index is 2.45. The van der Waals surface area contributed by atoms with Crippen LogP contribution in [0.25, 0.3) is 0 Å². The van der Waals surface area contributed by atoms with Gasteiger partial charge in [-0.05, 0) is 0 Å². The van der Waals surface area contributed by atoms with Gasteiger partial charge >= 0.3 is 6.03 Å². The summed E-state index contributed by atoms with van der Waals surface area (Å²) in [4.78, 5) is 21.6. The van der Waals surface area contributed by atoms with E-state index >= 15 is 0 Å². The smallest absolute Gasteiger partial charge is 0.323 e. The van der Waals surface area contributed by atoms with Crippen LogP contribution < -0.4 is 10.6 Å². The van der Waals surface area contributed by atoms with Crippen LogP contribution in [0.4, 0.5) is 9.18 Å². The lowest BCUT2D eigenvalue weighted by atomic mass is 10.3. The van der Waals surface area contributed by atoms with Gasteiger partial charge in [-0.3, -0.25) is 10.1 Å². The molecule has 0 bridgehead atoms. The van der Waals surface area contributed by atoms with Crippen molar-refractivity contribution in [1.82, 2.24) is 10.6 Å². The molecule has 3 atom stereocenters. The maximum absolute atomic E-state index is 13.1. The van der Waals surface area contributed by atoms with Crippen LogP contribution >= 0.6 is 0 Å². The summed E-state index contributed by atoms with van der Waals surface area (Å²) in [5.41, 5.74) is 0. The molecule has 7 nitrogen and oxygen atoms in total. The van der Waals surface area contributed by atoms with E-state index in [1.807, 2.05) is 5.32 Å². The van der Waals surface area contributed by atoms with Crippen LogP contribution in [0.2, 0.25) is 0 Å². The fourth-order valence-corrected chi connectivity index (χ4v) is 0.937. The van der Waals surface area contributed by atoms with Crippen LogP contribution in [0.1, 0.15) is 0 Å². The number of rotatable bonds is 4. The number of carbonyl (C=O) groups excluding carboxylic acids is 2. The van der Waals surface area contributed by atoms with Crippen molar-refractivity contribution in [2.45, 2.75) is 18.7 Å². The predicted octanol–water partition coefficient (Wildman–Crippen LogP) is -1.53. The van der Waals surface area contributed by atoms with E-state index in [9.17, 15) is 14.0 Å². The maximum Gasteiger partial charge on any atom is 0.323 e. The number of halogens is 1. The first kappa shape index (κ1) is 11.8. The van der Waals surface area contributed by atoms with Gasteiger partial charge in [-0.2, -0.15) is 0 Å². The lowest BCUT2D eigenvalue weighted by molar-refractivity contribution is -0.156. The molecule has 0 spiro atoms. The van der Waals surface area contributed by atoms with Gasteiger partial charge < -0.3 is 19.9 Å². The van der Waals surface area contributed by atoms with E-state index < -0.39 is 30.6 Å². The fourth-order valence-electron chi connectivity index (χ4n) is 0.937. The maximum atomic E-state index is 13.1. The van der Waals surface area contributed by atoms with E-state index in [2.05, 4.69) is 4.74 Å². The van der Waals surface area contributed by atoms with Crippen molar-refractivity contribution in [3.05, 3.63) is 0 Å². The summed E-state index contributed by atoms with van der Waals surface area (Å²) in [7, 11) is 1.23. The molecule has 0 radical (unpaired) electrons. The number of methoxy groups -OCH3 is 1. The first-order valence-corrected chi connectivity index (χ1v) is 4.12. The van der Waals surface area contributed by atoms with Crippen molar-refractivity contribution in [2.24, 2.45) is 0 Å². The van der Waals surface area contributed by atoms with Crippen LogP contribution in [-0.2, 0) is 14.3 Å². The first-order valence-electron chi connectivity index (χ1n) is 4.12. The Morgan fingerprint density at radius 3 is 2.87 bits per heavy atom. The number of aliphatic hydroxyl groups excluding tert-OH is 1. The van der Waals surface area contributed by atoms with Gasteiger partial charge in [-0.15, -0.1) is 0 Å². The Kier molecular flexibility index (Phi) is 3.95. The number of carbonyl (C=O) groups is 2. The number of ether oxygens (including phenoxy) is 2. The molecule has 0 saturated carbocycles. The average Bonchev–Trinajstić information content (AvgIpc) is 2.20. The summed E-state index contributed by atoms with van der Waals surface area (Å²) in [6, 6.07) is -0.842. The third-order valence-electron chi connectivity index (χ3n) is 1.72. The Morgan fingerprint density at radius 2 is 2.27 bits per heavy atom. The number of nitrogens with one attached hydrogen (secondary N) is 2. The Hall–Kier alpha value is -1.25. The molecule has 1 aliphatic rings. The Labute approximate surface area is 84.5 Å². The van der Waals surface area contributed by atoms with Gasteiger partial charge in [-0.1, -0.05) is 0 Å². The van der Waals surface area contributed by atoms with E-state index in [4.69, 9.17) is 9.84 Å². The summed E-state index contributed by atoms with van der Waals surface area (Å²) < 4.78 is 22.3. The normalized spacial score (nSPS) is 28.2. The Morgan fingerprint density at radius 1 is 1.60 bits per heavy atom. The molecule has 3 N–H and O–H groups in total. The van der Waals surface area contributed by atoms with E-state index in [0.29, 0.717) is 0 Å². The van der Waals surface area contributed by atoms with Crippen LogP contribution in [-0.4, -0.2) is 49.5 Å². The third kappa shape index (κ3) is 3.11. The number of alkyl halides is 1. The highest BCUT2D eigenvalue weighted by Crippen LogP contribution is 2.06. The number of amides is 3. The molecule has 1 unspecified atom stereocenters. The van der Waals surface area contributed by atoms with Gasteiger partial charge in [0.2, 0.25) is 6.17 Å². The zero-order valence-electron chi connectivity index (χ0n) is 7.90. The lowest BCUT2D eigenvalue weighted by Crippen LogP contribution is -2.60. The summed E-state index contributed by atoms with van der Waals surface area (Å²) in [6.45, 7) is -0.352. The van der Waals surface area contributed by atoms with E-state index in [-0.39, 0.29) is 6.61 Å². The van der Waals surface area contributed by atoms with E-state index in [0.717, 1.165) is 0 Å². The molecule has 8 heteroatoms. The van der Waals surface area contributed by atoms with Crippen LogP contribution in [0.5, 0.6) is 0 Å². The van der Waals surface area contributed by atoms with Gasteiger partial charge in [0, 0.05) is 7.11 Å². The molecule has 1 fully saturated rings. The quantitative estimate of drug-likeness (QED) is 0.501. The molecule has 1 saturated heterocycles. The van der Waals surface area contributed by atoms with Crippen molar-refractivity contribution in [3.8, 4) is 0 Å². The molecule has 1 heterocycles. The molecule has 15 heavy (non-hydrogen) atoms. The number of urea groups is 1. The third-order valence-corrected chi connectivity index (χ3v) is 1.72. The average molecular weight is 222 g/mol. The molecule has 0 aliphatic carbocycles. The summed E-state index contributed by atoms with van der Waals surface area (Å²) in [5.74, 6) is -1.07. The number of imide groups is 1. The highest BCUT2D eigenvalue weighted by atomic mass is 19.1. The molecule has 1 rings (SSSR count). The molecular formula is C7H11FN2O5. The van der Waals surface area contributed by atoms with Gasteiger partial charge in [0.15, 0.2) is 12.5 Å². The largest absolute Gasteiger partial charge is 0.366 e. The summed E-state index contributed by atoms with van der Waals surface area (Å²) in [6.07, 6.45) is -4.65. The topological polar surface area (TPSA) is 96.9 Å². The monoisotopic (exact) mass is 222 g/mol. The van der Waals surface area contributed by atoms with Crippen molar-refractivity contribution in [3.63, 3.8) is 0 Å². The molecule has 1 aliphatic heterocycles. The van der Waals surface area contributed by atoms with Crippen molar-refractivity contribution in [2.75, 3.05) is 13.7 Å². The molecule has 3 amide bonds.